The zero-order valence-electron chi connectivity index (χ0n) is 10.7. The van der Waals surface area contributed by atoms with E-state index in [4.69, 9.17) is 5.73 Å². The van der Waals surface area contributed by atoms with Crippen molar-refractivity contribution < 1.29 is 0 Å². The molecule has 0 bridgehead atoms. The number of rotatable bonds is 5. The number of hydrogen-bond donors (Lipinski definition) is 2. The number of benzene rings is 1. The Balaban J connectivity index is 2.52. The van der Waals surface area contributed by atoms with Gasteiger partial charge in [0.15, 0.2) is 0 Å². The highest BCUT2D eigenvalue weighted by atomic mass is 14.9. The van der Waals surface area contributed by atoms with E-state index in [0.717, 1.165) is 26.1 Å². The summed E-state index contributed by atoms with van der Waals surface area (Å²) in [6.45, 7) is 9.41. The number of hydrogen-bond acceptors (Lipinski definition) is 2. The maximum Gasteiger partial charge on any atom is 0.0208 e. The second kappa shape index (κ2) is 6.02. The summed E-state index contributed by atoms with van der Waals surface area (Å²) < 4.78 is 0. The van der Waals surface area contributed by atoms with Gasteiger partial charge in [-0.25, -0.2) is 0 Å². The highest BCUT2D eigenvalue weighted by Crippen LogP contribution is 2.12. The molecule has 0 unspecified atom stereocenters. The quantitative estimate of drug-likeness (QED) is 0.799. The Bertz CT molecular complexity index is 313. The Morgan fingerprint density at radius 1 is 1.12 bits per heavy atom. The lowest BCUT2D eigenvalue weighted by Gasteiger charge is -2.19. The minimum atomic E-state index is 0.336. The summed E-state index contributed by atoms with van der Waals surface area (Å²) in [5.74, 6) is 0. The van der Waals surface area contributed by atoms with Crippen molar-refractivity contribution in [1.82, 2.24) is 5.32 Å². The number of nitrogens with one attached hydrogen (secondary N) is 1. The molecule has 0 radical (unpaired) electrons. The summed E-state index contributed by atoms with van der Waals surface area (Å²) in [7, 11) is 0. The molecule has 0 atom stereocenters. The van der Waals surface area contributed by atoms with Crippen LogP contribution in [-0.2, 0) is 13.0 Å². The number of nitrogens with two attached hydrogens (primary N) is 1. The van der Waals surface area contributed by atoms with Crippen LogP contribution in [0.4, 0.5) is 0 Å². The third-order valence-corrected chi connectivity index (χ3v) is 2.50. The van der Waals surface area contributed by atoms with Gasteiger partial charge in [-0.3, -0.25) is 0 Å². The van der Waals surface area contributed by atoms with Crippen LogP contribution in [0, 0.1) is 5.41 Å². The van der Waals surface area contributed by atoms with E-state index in [1.165, 1.54) is 11.1 Å². The summed E-state index contributed by atoms with van der Waals surface area (Å²) >= 11 is 0. The van der Waals surface area contributed by atoms with Crippen molar-refractivity contribution in [3.8, 4) is 0 Å². The summed E-state index contributed by atoms with van der Waals surface area (Å²) in [5, 5.41) is 3.50. The van der Waals surface area contributed by atoms with Crippen molar-refractivity contribution in [2.24, 2.45) is 11.1 Å². The first-order valence-corrected chi connectivity index (χ1v) is 6.00. The lowest BCUT2D eigenvalue weighted by molar-refractivity contribution is 0.379. The van der Waals surface area contributed by atoms with Crippen LogP contribution in [0.5, 0.6) is 0 Å². The molecule has 3 N–H and O–H groups in total. The van der Waals surface area contributed by atoms with Gasteiger partial charge in [0.1, 0.15) is 0 Å². The average molecular weight is 220 g/mol. The smallest absolute Gasteiger partial charge is 0.0208 e. The van der Waals surface area contributed by atoms with E-state index in [2.05, 4.69) is 50.4 Å². The molecular weight excluding hydrogens is 196 g/mol. The molecule has 2 heteroatoms. The van der Waals surface area contributed by atoms with Crippen LogP contribution < -0.4 is 11.1 Å². The Labute approximate surface area is 99.2 Å². The molecular formula is C14H24N2. The van der Waals surface area contributed by atoms with Crippen molar-refractivity contribution in [1.29, 1.82) is 0 Å². The summed E-state index contributed by atoms with van der Waals surface area (Å²) in [6.07, 6.45) is 0.966. The lowest BCUT2D eigenvalue weighted by Crippen LogP contribution is -2.26. The van der Waals surface area contributed by atoms with E-state index < -0.39 is 0 Å². The van der Waals surface area contributed by atoms with Gasteiger partial charge in [0.05, 0.1) is 0 Å². The molecule has 0 heterocycles. The van der Waals surface area contributed by atoms with E-state index in [9.17, 15) is 0 Å². The molecule has 0 aliphatic heterocycles. The molecule has 0 fully saturated rings. The van der Waals surface area contributed by atoms with Gasteiger partial charge in [-0.1, -0.05) is 45.0 Å². The van der Waals surface area contributed by atoms with Gasteiger partial charge in [-0.2, -0.15) is 0 Å². The fraction of sp³-hybridized carbons (Fsp3) is 0.571. The van der Waals surface area contributed by atoms with E-state index in [-0.39, 0.29) is 0 Å². The largest absolute Gasteiger partial charge is 0.330 e. The first-order chi connectivity index (χ1) is 7.53. The molecule has 0 saturated heterocycles. The molecule has 16 heavy (non-hydrogen) atoms. The highest BCUT2D eigenvalue weighted by molar-refractivity contribution is 5.27. The van der Waals surface area contributed by atoms with Crippen LogP contribution in [0.15, 0.2) is 24.3 Å². The molecule has 1 aromatic carbocycles. The van der Waals surface area contributed by atoms with E-state index in [0.29, 0.717) is 5.41 Å². The normalized spacial score (nSPS) is 11.8. The maximum absolute atomic E-state index is 5.61. The van der Waals surface area contributed by atoms with Crippen LogP contribution in [0.2, 0.25) is 0 Å². The lowest BCUT2D eigenvalue weighted by atomic mass is 9.96. The van der Waals surface area contributed by atoms with Crippen molar-refractivity contribution in [2.45, 2.75) is 33.7 Å². The second-order valence-corrected chi connectivity index (χ2v) is 5.47. The molecule has 0 saturated carbocycles. The van der Waals surface area contributed by atoms with E-state index in [1.807, 2.05) is 0 Å². The zero-order valence-corrected chi connectivity index (χ0v) is 10.7. The predicted molar refractivity (Wildman–Crippen MR) is 70.4 cm³/mol. The molecule has 0 spiro atoms. The van der Waals surface area contributed by atoms with E-state index >= 15 is 0 Å². The topological polar surface area (TPSA) is 38.0 Å². The molecule has 1 rings (SSSR count). The fourth-order valence-electron chi connectivity index (χ4n) is 1.70. The highest BCUT2D eigenvalue weighted by Gasteiger charge is 2.09. The van der Waals surface area contributed by atoms with Gasteiger partial charge in [0.2, 0.25) is 0 Å². The fourth-order valence-corrected chi connectivity index (χ4v) is 1.70. The summed E-state index contributed by atoms with van der Waals surface area (Å²) in [4.78, 5) is 0. The summed E-state index contributed by atoms with van der Waals surface area (Å²) in [5.41, 5.74) is 8.68. The standard InChI is InChI=1S/C14H24N2/c1-14(2,3)11-16-10-13-7-5-4-6-12(13)8-9-15/h4-7,16H,8-11,15H2,1-3H3. The van der Waals surface area contributed by atoms with Crippen LogP contribution in [-0.4, -0.2) is 13.1 Å². The van der Waals surface area contributed by atoms with Gasteiger partial charge >= 0.3 is 0 Å². The molecule has 2 nitrogen and oxygen atoms in total. The van der Waals surface area contributed by atoms with Gasteiger partial charge in [0, 0.05) is 13.1 Å². The minimum absolute atomic E-state index is 0.336. The van der Waals surface area contributed by atoms with Gasteiger partial charge < -0.3 is 11.1 Å². The first-order valence-electron chi connectivity index (χ1n) is 6.00. The van der Waals surface area contributed by atoms with Crippen LogP contribution >= 0.6 is 0 Å². The monoisotopic (exact) mass is 220 g/mol. The van der Waals surface area contributed by atoms with Crippen molar-refractivity contribution in [3.05, 3.63) is 35.4 Å². The van der Waals surface area contributed by atoms with Crippen molar-refractivity contribution in [2.75, 3.05) is 13.1 Å². The molecule has 0 aliphatic carbocycles. The third-order valence-electron chi connectivity index (χ3n) is 2.50. The molecule has 0 aromatic heterocycles. The van der Waals surface area contributed by atoms with Crippen LogP contribution in [0.1, 0.15) is 31.9 Å². The average Bonchev–Trinajstić information content (AvgIpc) is 2.19. The Morgan fingerprint density at radius 2 is 1.75 bits per heavy atom. The molecule has 90 valence electrons. The molecule has 0 aliphatic rings. The molecule has 1 aromatic rings. The predicted octanol–water partition coefficient (Wildman–Crippen LogP) is 2.32. The SMILES string of the molecule is CC(C)(C)CNCc1ccccc1CCN. The van der Waals surface area contributed by atoms with E-state index in [1.54, 1.807) is 0 Å². The van der Waals surface area contributed by atoms with Gasteiger partial charge in [-0.05, 0) is 29.5 Å². The third kappa shape index (κ3) is 4.77. The summed E-state index contributed by atoms with van der Waals surface area (Å²) in [6, 6.07) is 8.52. The van der Waals surface area contributed by atoms with Crippen LogP contribution in [0.25, 0.3) is 0 Å². The Kier molecular flexibility index (Phi) is 4.97. The van der Waals surface area contributed by atoms with Crippen LogP contribution in [0.3, 0.4) is 0 Å². The second-order valence-electron chi connectivity index (χ2n) is 5.47. The van der Waals surface area contributed by atoms with Crippen molar-refractivity contribution in [3.63, 3.8) is 0 Å². The maximum atomic E-state index is 5.61. The Morgan fingerprint density at radius 3 is 2.31 bits per heavy atom. The van der Waals surface area contributed by atoms with Gasteiger partial charge in [0.25, 0.3) is 0 Å². The Hall–Kier alpha value is -0.860. The minimum Gasteiger partial charge on any atom is -0.330 e. The van der Waals surface area contributed by atoms with Crippen molar-refractivity contribution >= 4 is 0 Å². The van der Waals surface area contributed by atoms with Gasteiger partial charge in [-0.15, -0.1) is 0 Å². The zero-order chi connectivity index (χ0) is 12.0. The first kappa shape index (κ1) is 13.2. The molecule has 0 amide bonds.